The third kappa shape index (κ3) is 3.85. The Balaban J connectivity index is 1.59. The highest BCUT2D eigenvalue weighted by molar-refractivity contribution is 7.89. The van der Waals surface area contributed by atoms with Gasteiger partial charge in [0.1, 0.15) is 17.6 Å². The lowest BCUT2D eigenvalue weighted by Gasteiger charge is -2.30. The second-order valence-electron chi connectivity index (χ2n) is 7.12. The minimum absolute atomic E-state index is 0.229. The summed E-state index contributed by atoms with van der Waals surface area (Å²) < 4.78 is 27.6. The van der Waals surface area contributed by atoms with Crippen LogP contribution in [0.3, 0.4) is 0 Å². The molecule has 0 N–H and O–H groups in total. The van der Waals surface area contributed by atoms with Crippen molar-refractivity contribution in [1.29, 1.82) is 0 Å². The predicted molar refractivity (Wildman–Crippen MR) is 106 cm³/mol. The minimum atomic E-state index is -3.56. The third-order valence-electron chi connectivity index (χ3n) is 4.91. The highest BCUT2D eigenvalue weighted by atomic mass is 35.5. The monoisotopic (exact) mass is 420 g/mol. The summed E-state index contributed by atoms with van der Waals surface area (Å²) in [5.41, 5.74) is 2.00. The van der Waals surface area contributed by atoms with Crippen LogP contribution in [0.2, 0.25) is 5.02 Å². The predicted octanol–water partition coefficient (Wildman–Crippen LogP) is 3.13. The zero-order valence-electron chi connectivity index (χ0n) is 15.5. The molecule has 0 amide bonds. The van der Waals surface area contributed by atoms with Gasteiger partial charge in [-0.25, -0.2) is 8.42 Å². The van der Waals surface area contributed by atoms with Crippen molar-refractivity contribution >= 4 is 32.7 Å². The molecule has 1 aromatic heterocycles. The Bertz CT molecular complexity index is 1080. The maximum Gasteiger partial charge on any atom is 0.243 e. The van der Waals surface area contributed by atoms with E-state index >= 15 is 0 Å². The van der Waals surface area contributed by atoms with Crippen LogP contribution in [0.15, 0.2) is 47.4 Å². The first-order valence-corrected chi connectivity index (χ1v) is 11.0. The molecule has 2 aromatic carbocycles. The molecule has 1 atom stereocenters. The van der Waals surface area contributed by atoms with E-state index in [9.17, 15) is 8.42 Å². The molecule has 1 aliphatic heterocycles. The van der Waals surface area contributed by atoms with Gasteiger partial charge in [-0.05, 0) is 59.9 Å². The highest BCUT2D eigenvalue weighted by Crippen LogP contribution is 2.25. The van der Waals surface area contributed by atoms with Crippen LogP contribution in [0, 0.1) is 5.92 Å². The number of halogens is 1. The standard InChI is InChI=1S/C19H21ClN4O3S/c1-14-3-2-10-23(12-14)28(25,26)17-8-9-18-19(11-17)24(22-21-18)27-13-15-4-6-16(20)7-5-15/h4-9,11,14H,2-3,10,12-13H2,1H3. The second-order valence-corrected chi connectivity index (χ2v) is 9.50. The van der Waals surface area contributed by atoms with Crippen molar-refractivity contribution in [3.63, 3.8) is 0 Å². The fourth-order valence-electron chi connectivity index (χ4n) is 3.36. The van der Waals surface area contributed by atoms with Crippen molar-refractivity contribution < 1.29 is 13.3 Å². The lowest BCUT2D eigenvalue weighted by molar-refractivity contribution is 0.0751. The SMILES string of the molecule is CC1CCCN(S(=O)(=O)c2ccc3nnn(OCc4ccc(Cl)cc4)c3c2)C1. The Morgan fingerprint density at radius 1 is 1.21 bits per heavy atom. The van der Waals surface area contributed by atoms with Gasteiger partial charge in [-0.2, -0.15) is 4.31 Å². The van der Waals surface area contributed by atoms with Gasteiger partial charge in [-0.15, -0.1) is 5.10 Å². The molecular formula is C19H21ClN4O3S. The molecule has 0 spiro atoms. The van der Waals surface area contributed by atoms with Crippen LogP contribution >= 0.6 is 11.6 Å². The van der Waals surface area contributed by atoms with Crippen LogP contribution in [0.1, 0.15) is 25.3 Å². The summed E-state index contributed by atoms with van der Waals surface area (Å²) in [6.45, 7) is 3.44. The van der Waals surface area contributed by atoms with Crippen LogP contribution in [-0.4, -0.2) is 41.0 Å². The van der Waals surface area contributed by atoms with Gasteiger partial charge in [0.15, 0.2) is 0 Å². The summed E-state index contributed by atoms with van der Waals surface area (Å²) in [5, 5.41) is 8.69. The van der Waals surface area contributed by atoms with E-state index in [2.05, 4.69) is 17.2 Å². The molecule has 1 fully saturated rings. The lowest BCUT2D eigenvalue weighted by Crippen LogP contribution is -2.39. The quantitative estimate of drug-likeness (QED) is 0.633. The van der Waals surface area contributed by atoms with Gasteiger partial charge in [0, 0.05) is 18.1 Å². The van der Waals surface area contributed by atoms with Gasteiger partial charge >= 0.3 is 0 Å². The molecule has 1 saturated heterocycles. The molecule has 0 aliphatic carbocycles. The van der Waals surface area contributed by atoms with Crippen molar-refractivity contribution in [3.05, 3.63) is 53.1 Å². The fraction of sp³-hybridized carbons (Fsp3) is 0.368. The van der Waals surface area contributed by atoms with Crippen LogP contribution in [0.4, 0.5) is 0 Å². The number of sulfonamides is 1. The molecule has 148 valence electrons. The van der Waals surface area contributed by atoms with E-state index in [4.69, 9.17) is 16.4 Å². The molecule has 9 heteroatoms. The Hall–Kier alpha value is -2.16. The van der Waals surface area contributed by atoms with E-state index in [-0.39, 0.29) is 11.5 Å². The lowest BCUT2D eigenvalue weighted by atomic mass is 10.0. The number of piperidine rings is 1. The maximum atomic E-state index is 13.0. The molecule has 2 heterocycles. The molecule has 1 aliphatic rings. The normalized spacial score (nSPS) is 18.4. The average molecular weight is 421 g/mol. The highest BCUT2D eigenvalue weighted by Gasteiger charge is 2.29. The van der Waals surface area contributed by atoms with Gasteiger partial charge in [0.2, 0.25) is 10.0 Å². The summed E-state index contributed by atoms with van der Waals surface area (Å²) in [7, 11) is -3.56. The summed E-state index contributed by atoms with van der Waals surface area (Å²) in [5.74, 6) is 0.363. The number of hydrogen-bond acceptors (Lipinski definition) is 5. The van der Waals surface area contributed by atoms with Crippen LogP contribution in [0.25, 0.3) is 11.0 Å². The fourth-order valence-corrected chi connectivity index (χ4v) is 5.11. The first kappa shape index (κ1) is 19.2. The molecule has 0 bridgehead atoms. The Morgan fingerprint density at radius 2 is 2.00 bits per heavy atom. The van der Waals surface area contributed by atoms with Gasteiger partial charge in [0.05, 0.1) is 4.90 Å². The smallest absolute Gasteiger partial charge is 0.243 e. The zero-order valence-corrected chi connectivity index (χ0v) is 17.0. The zero-order chi connectivity index (χ0) is 19.7. The molecule has 0 saturated carbocycles. The van der Waals surface area contributed by atoms with Gasteiger partial charge in [0.25, 0.3) is 0 Å². The Kier molecular flexibility index (Phi) is 5.27. The van der Waals surface area contributed by atoms with Gasteiger partial charge in [-0.1, -0.05) is 35.5 Å². The molecule has 0 radical (unpaired) electrons. The van der Waals surface area contributed by atoms with Gasteiger partial charge in [-0.3, -0.25) is 0 Å². The number of rotatable bonds is 5. The molecular weight excluding hydrogens is 400 g/mol. The molecule has 1 unspecified atom stereocenters. The summed E-state index contributed by atoms with van der Waals surface area (Å²) in [6, 6.07) is 12.1. The van der Waals surface area contributed by atoms with Crippen molar-refractivity contribution in [2.45, 2.75) is 31.3 Å². The topological polar surface area (TPSA) is 77.3 Å². The molecule has 28 heavy (non-hydrogen) atoms. The summed E-state index contributed by atoms with van der Waals surface area (Å²) >= 11 is 5.89. The van der Waals surface area contributed by atoms with Gasteiger partial charge < -0.3 is 4.84 Å². The van der Waals surface area contributed by atoms with Crippen LogP contribution < -0.4 is 4.84 Å². The number of nitrogens with zero attached hydrogens (tertiary/aromatic N) is 4. The van der Waals surface area contributed by atoms with E-state index in [1.807, 2.05) is 12.1 Å². The minimum Gasteiger partial charge on any atom is -0.390 e. The first-order chi connectivity index (χ1) is 13.4. The van der Waals surface area contributed by atoms with Crippen LogP contribution in [0.5, 0.6) is 0 Å². The Labute approximate surface area is 168 Å². The number of benzene rings is 2. The Morgan fingerprint density at radius 3 is 2.75 bits per heavy atom. The third-order valence-corrected chi connectivity index (χ3v) is 7.02. The number of hydrogen-bond donors (Lipinski definition) is 0. The second kappa shape index (κ2) is 7.69. The van der Waals surface area contributed by atoms with E-state index in [0.717, 1.165) is 18.4 Å². The van der Waals surface area contributed by atoms with E-state index < -0.39 is 10.0 Å². The van der Waals surface area contributed by atoms with Crippen molar-refractivity contribution in [1.82, 2.24) is 19.5 Å². The number of aromatic nitrogens is 3. The van der Waals surface area contributed by atoms with Crippen LogP contribution in [-0.2, 0) is 16.6 Å². The average Bonchev–Trinajstić information content (AvgIpc) is 3.10. The van der Waals surface area contributed by atoms with Crippen molar-refractivity contribution in [3.8, 4) is 0 Å². The number of fused-ring (bicyclic) bond motifs is 1. The molecule has 3 aromatic rings. The van der Waals surface area contributed by atoms with Crippen molar-refractivity contribution in [2.75, 3.05) is 13.1 Å². The summed E-state index contributed by atoms with van der Waals surface area (Å²) in [4.78, 5) is 7.20. The van der Waals surface area contributed by atoms with E-state index in [1.165, 1.54) is 4.85 Å². The van der Waals surface area contributed by atoms with E-state index in [0.29, 0.717) is 35.1 Å². The molecule has 4 rings (SSSR count). The van der Waals surface area contributed by atoms with Crippen molar-refractivity contribution in [2.24, 2.45) is 5.92 Å². The first-order valence-electron chi connectivity index (χ1n) is 9.17. The maximum absolute atomic E-state index is 13.0. The summed E-state index contributed by atoms with van der Waals surface area (Å²) in [6.07, 6.45) is 1.94. The van der Waals surface area contributed by atoms with E-state index in [1.54, 1.807) is 34.6 Å². The molecule has 7 nitrogen and oxygen atoms in total. The largest absolute Gasteiger partial charge is 0.390 e.